The van der Waals surface area contributed by atoms with Crippen LogP contribution in [-0.2, 0) is 0 Å². The van der Waals surface area contributed by atoms with E-state index in [1.165, 1.54) is 12.1 Å². The van der Waals surface area contributed by atoms with Gasteiger partial charge in [0, 0.05) is 17.4 Å². The summed E-state index contributed by atoms with van der Waals surface area (Å²) in [5.74, 6) is 1.18. The third-order valence-corrected chi connectivity index (χ3v) is 3.38. The van der Waals surface area contributed by atoms with E-state index in [1.807, 2.05) is 54.6 Å². The molecule has 0 aliphatic rings. The van der Waals surface area contributed by atoms with Crippen LogP contribution in [0.15, 0.2) is 78.9 Å². The molecule has 24 heavy (non-hydrogen) atoms. The van der Waals surface area contributed by atoms with Crippen LogP contribution in [0.5, 0.6) is 11.5 Å². The van der Waals surface area contributed by atoms with E-state index in [4.69, 9.17) is 17.0 Å². The monoisotopic (exact) mass is 338 g/mol. The van der Waals surface area contributed by atoms with Gasteiger partial charge in [0.25, 0.3) is 0 Å². The predicted molar refractivity (Wildman–Crippen MR) is 99.2 cm³/mol. The summed E-state index contributed by atoms with van der Waals surface area (Å²) >= 11 is 5.27. The standard InChI is InChI=1S/C19H15FN2OS/c20-14-9-11-15(12-10-14)21-19(24)22-16-5-4-8-18(13-16)23-17-6-2-1-3-7-17/h1-13H,(H2,21,22,24). The number of thiocarbonyl (C=S) groups is 1. The maximum atomic E-state index is 12.9. The molecular weight excluding hydrogens is 323 g/mol. The second-order valence-corrected chi connectivity index (χ2v) is 5.44. The Balaban J connectivity index is 1.63. The number of nitrogens with one attached hydrogen (secondary N) is 2. The smallest absolute Gasteiger partial charge is 0.175 e. The molecule has 0 atom stereocenters. The zero-order chi connectivity index (χ0) is 16.8. The molecule has 0 heterocycles. The SMILES string of the molecule is Fc1ccc(NC(=S)Nc2cccc(Oc3ccccc3)c2)cc1. The average Bonchev–Trinajstić information content (AvgIpc) is 2.58. The molecule has 0 aliphatic heterocycles. The van der Waals surface area contributed by atoms with Crippen LogP contribution in [0.25, 0.3) is 0 Å². The second-order valence-electron chi connectivity index (χ2n) is 5.03. The van der Waals surface area contributed by atoms with Gasteiger partial charge in [-0.15, -0.1) is 0 Å². The lowest BCUT2D eigenvalue weighted by Gasteiger charge is -2.12. The highest BCUT2D eigenvalue weighted by atomic mass is 32.1. The maximum Gasteiger partial charge on any atom is 0.175 e. The zero-order valence-corrected chi connectivity index (χ0v) is 13.5. The largest absolute Gasteiger partial charge is 0.457 e. The van der Waals surface area contributed by atoms with Crippen molar-refractivity contribution in [1.29, 1.82) is 0 Å². The van der Waals surface area contributed by atoms with Gasteiger partial charge in [0.1, 0.15) is 17.3 Å². The molecule has 0 amide bonds. The van der Waals surface area contributed by atoms with E-state index in [-0.39, 0.29) is 5.82 Å². The van der Waals surface area contributed by atoms with E-state index < -0.39 is 0 Å². The topological polar surface area (TPSA) is 33.3 Å². The number of hydrogen-bond acceptors (Lipinski definition) is 2. The summed E-state index contributed by atoms with van der Waals surface area (Å²) in [6.45, 7) is 0. The minimum absolute atomic E-state index is 0.287. The Morgan fingerprint density at radius 3 is 2.17 bits per heavy atom. The van der Waals surface area contributed by atoms with Crippen molar-refractivity contribution in [2.75, 3.05) is 10.6 Å². The fourth-order valence-corrected chi connectivity index (χ4v) is 2.32. The first kappa shape index (κ1) is 16.0. The van der Waals surface area contributed by atoms with Crippen LogP contribution < -0.4 is 15.4 Å². The van der Waals surface area contributed by atoms with Crippen LogP contribution in [-0.4, -0.2) is 5.11 Å². The van der Waals surface area contributed by atoms with Crippen molar-refractivity contribution in [1.82, 2.24) is 0 Å². The molecule has 0 radical (unpaired) electrons. The van der Waals surface area contributed by atoms with Crippen molar-refractivity contribution in [3.05, 3.63) is 84.7 Å². The summed E-state index contributed by atoms with van der Waals surface area (Å²) in [7, 11) is 0. The van der Waals surface area contributed by atoms with E-state index >= 15 is 0 Å². The predicted octanol–water partition coefficient (Wildman–Crippen LogP) is 5.43. The molecule has 3 rings (SSSR count). The van der Waals surface area contributed by atoms with Gasteiger partial charge in [-0.2, -0.15) is 0 Å². The molecule has 3 aromatic carbocycles. The molecular formula is C19H15FN2OS. The van der Waals surface area contributed by atoms with Crippen molar-refractivity contribution < 1.29 is 9.13 Å². The van der Waals surface area contributed by atoms with Crippen LogP contribution in [0, 0.1) is 5.82 Å². The van der Waals surface area contributed by atoms with Gasteiger partial charge in [0.2, 0.25) is 0 Å². The first-order valence-electron chi connectivity index (χ1n) is 7.35. The molecule has 0 unspecified atom stereocenters. The van der Waals surface area contributed by atoms with E-state index in [9.17, 15) is 4.39 Å². The van der Waals surface area contributed by atoms with Crippen molar-refractivity contribution in [2.24, 2.45) is 0 Å². The molecule has 5 heteroatoms. The summed E-state index contributed by atoms with van der Waals surface area (Å²) < 4.78 is 18.7. The molecule has 2 N–H and O–H groups in total. The molecule has 0 saturated heterocycles. The van der Waals surface area contributed by atoms with Gasteiger partial charge in [-0.25, -0.2) is 4.39 Å². The van der Waals surface area contributed by atoms with Gasteiger partial charge in [0.05, 0.1) is 0 Å². The quantitative estimate of drug-likeness (QED) is 0.622. The molecule has 0 saturated carbocycles. The summed E-state index contributed by atoms with van der Waals surface area (Å²) in [6, 6.07) is 23.0. The normalized spacial score (nSPS) is 10.0. The summed E-state index contributed by atoms with van der Waals surface area (Å²) in [4.78, 5) is 0. The van der Waals surface area contributed by atoms with Crippen molar-refractivity contribution in [3.8, 4) is 11.5 Å². The molecule has 0 fully saturated rings. The Hall–Kier alpha value is -2.92. The lowest BCUT2D eigenvalue weighted by atomic mass is 10.3. The van der Waals surface area contributed by atoms with Crippen molar-refractivity contribution in [3.63, 3.8) is 0 Å². The Labute approximate surface area is 145 Å². The number of para-hydroxylation sites is 1. The highest BCUT2D eigenvalue weighted by Gasteiger charge is 2.02. The Kier molecular flexibility index (Phi) is 5.03. The summed E-state index contributed by atoms with van der Waals surface area (Å²) in [5, 5.41) is 6.49. The summed E-state index contributed by atoms with van der Waals surface area (Å²) in [6.07, 6.45) is 0. The third kappa shape index (κ3) is 4.54. The Bertz CT molecular complexity index is 822. The molecule has 0 bridgehead atoms. The van der Waals surface area contributed by atoms with Crippen LogP contribution in [0.4, 0.5) is 15.8 Å². The first-order chi connectivity index (χ1) is 11.7. The number of rotatable bonds is 4. The lowest BCUT2D eigenvalue weighted by Crippen LogP contribution is -2.18. The fourth-order valence-electron chi connectivity index (χ4n) is 2.09. The van der Waals surface area contributed by atoms with E-state index in [1.54, 1.807) is 12.1 Å². The van der Waals surface area contributed by atoms with Crippen LogP contribution in [0.2, 0.25) is 0 Å². The maximum absolute atomic E-state index is 12.9. The average molecular weight is 338 g/mol. The minimum atomic E-state index is -0.287. The number of hydrogen-bond donors (Lipinski definition) is 2. The van der Waals surface area contributed by atoms with Gasteiger partial charge in [0.15, 0.2) is 5.11 Å². The van der Waals surface area contributed by atoms with Gasteiger partial charge >= 0.3 is 0 Å². The number of ether oxygens (including phenoxy) is 1. The zero-order valence-electron chi connectivity index (χ0n) is 12.7. The van der Waals surface area contributed by atoms with Crippen molar-refractivity contribution in [2.45, 2.75) is 0 Å². The molecule has 120 valence electrons. The molecule has 3 aromatic rings. The molecule has 0 spiro atoms. The molecule has 0 aliphatic carbocycles. The fraction of sp³-hybridized carbons (Fsp3) is 0. The van der Waals surface area contributed by atoms with Crippen LogP contribution in [0.3, 0.4) is 0 Å². The van der Waals surface area contributed by atoms with E-state index in [0.29, 0.717) is 16.5 Å². The van der Waals surface area contributed by atoms with Gasteiger partial charge < -0.3 is 15.4 Å². The Morgan fingerprint density at radius 2 is 1.42 bits per heavy atom. The van der Waals surface area contributed by atoms with Gasteiger partial charge in [-0.05, 0) is 60.7 Å². The molecule has 0 aromatic heterocycles. The van der Waals surface area contributed by atoms with E-state index in [2.05, 4.69) is 10.6 Å². The highest BCUT2D eigenvalue weighted by Crippen LogP contribution is 2.24. The van der Waals surface area contributed by atoms with Gasteiger partial charge in [-0.3, -0.25) is 0 Å². The van der Waals surface area contributed by atoms with Gasteiger partial charge in [-0.1, -0.05) is 24.3 Å². The molecule has 3 nitrogen and oxygen atoms in total. The third-order valence-electron chi connectivity index (χ3n) is 3.17. The number of halogens is 1. The van der Waals surface area contributed by atoms with Crippen LogP contribution in [0.1, 0.15) is 0 Å². The second kappa shape index (κ2) is 7.57. The number of anilines is 2. The first-order valence-corrected chi connectivity index (χ1v) is 7.76. The van der Waals surface area contributed by atoms with E-state index in [0.717, 1.165) is 11.4 Å². The summed E-state index contributed by atoms with van der Waals surface area (Å²) in [5.41, 5.74) is 1.51. The lowest BCUT2D eigenvalue weighted by molar-refractivity contribution is 0.483. The van der Waals surface area contributed by atoms with Crippen molar-refractivity contribution >= 4 is 28.7 Å². The number of benzene rings is 3. The highest BCUT2D eigenvalue weighted by molar-refractivity contribution is 7.80. The Morgan fingerprint density at radius 1 is 0.750 bits per heavy atom. The minimum Gasteiger partial charge on any atom is -0.457 e. The van der Waals surface area contributed by atoms with Crippen LogP contribution >= 0.6 is 12.2 Å².